The monoisotopic (exact) mass is 759 g/mol. The Morgan fingerprint density at radius 2 is 0.611 bits per heavy atom. The molecule has 0 radical (unpaired) electrons. The van der Waals surface area contributed by atoms with Gasteiger partial charge in [-0.05, 0) is 32.1 Å². The van der Waals surface area contributed by atoms with Crippen LogP contribution in [0.15, 0.2) is 12.2 Å². The minimum Gasteiger partial charge on any atom is -0.459 e. The fourth-order valence-corrected chi connectivity index (χ4v) is 8.73. The lowest BCUT2D eigenvalue weighted by Crippen LogP contribution is -2.29. The van der Waals surface area contributed by atoms with Crippen molar-refractivity contribution in [1.29, 1.82) is 0 Å². The molecule has 54 heavy (non-hydrogen) atoms. The second-order valence-electron chi connectivity index (χ2n) is 18.2. The van der Waals surface area contributed by atoms with E-state index in [1.54, 1.807) is 6.92 Å². The number of carbonyl (C=O) groups is 1. The van der Waals surface area contributed by atoms with E-state index in [4.69, 9.17) is 4.74 Å². The van der Waals surface area contributed by atoms with Crippen LogP contribution < -0.4 is 0 Å². The van der Waals surface area contributed by atoms with Crippen LogP contribution in [0.3, 0.4) is 0 Å². The van der Waals surface area contributed by atoms with Crippen LogP contribution in [0, 0.1) is 11.8 Å². The molecule has 0 fully saturated rings. The van der Waals surface area contributed by atoms with E-state index in [1.807, 2.05) is 0 Å². The Labute approximate surface area is 342 Å². The van der Waals surface area contributed by atoms with Gasteiger partial charge in [-0.3, -0.25) is 0 Å². The van der Waals surface area contributed by atoms with Gasteiger partial charge in [0.25, 0.3) is 0 Å². The Morgan fingerprint density at radius 3 is 0.852 bits per heavy atom. The van der Waals surface area contributed by atoms with Gasteiger partial charge in [-0.1, -0.05) is 284 Å². The first-order valence-corrected chi connectivity index (χ1v) is 25.3. The lowest BCUT2D eigenvalue weighted by atomic mass is 9.82. The van der Waals surface area contributed by atoms with Crippen molar-refractivity contribution in [3.8, 4) is 0 Å². The molecule has 0 aliphatic rings. The third-order valence-electron chi connectivity index (χ3n) is 12.6. The van der Waals surface area contributed by atoms with Crippen molar-refractivity contribution in [2.24, 2.45) is 11.8 Å². The summed E-state index contributed by atoms with van der Waals surface area (Å²) in [5.74, 6) is 0.843. The highest BCUT2D eigenvalue weighted by molar-refractivity contribution is 5.87. The third kappa shape index (κ3) is 38.1. The van der Waals surface area contributed by atoms with Gasteiger partial charge in [0.15, 0.2) is 0 Å². The molecule has 0 rings (SSSR count). The average Bonchev–Trinajstić information content (AvgIpc) is 3.16. The highest BCUT2D eigenvalue weighted by Gasteiger charge is 2.26. The maximum absolute atomic E-state index is 12.4. The molecule has 0 aromatic rings. The van der Waals surface area contributed by atoms with E-state index in [2.05, 4.69) is 34.3 Å². The van der Waals surface area contributed by atoms with Crippen molar-refractivity contribution < 1.29 is 9.53 Å². The predicted molar refractivity (Wildman–Crippen MR) is 244 cm³/mol. The zero-order valence-electron chi connectivity index (χ0n) is 38.2. The molecule has 3 unspecified atom stereocenters. The van der Waals surface area contributed by atoms with Crippen LogP contribution in [-0.4, -0.2) is 12.1 Å². The van der Waals surface area contributed by atoms with E-state index in [0.717, 1.165) is 0 Å². The van der Waals surface area contributed by atoms with Crippen LogP contribution in [0.5, 0.6) is 0 Å². The van der Waals surface area contributed by atoms with E-state index < -0.39 is 0 Å². The molecular weight excluding hydrogens is 657 g/mol. The molecule has 2 nitrogen and oxygen atoms in total. The van der Waals surface area contributed by atoms with E-state index in [9.17, 15) is 4.79 Å². The first-order valence-electron chi connectivity index (χ1n) is 25.3. The molecule has 0 heterocycles. The standard InChI is InChI=1S/C52H102O2/c1-7-9-11-13-15-17-19-21-23-25-27-29-30-32-34-36-38-40-42-44-46-49(5)51(50(6)54-52(53)48(3)4)47-45-43-41-39-37-35-33-31-28-26-24-22-20-18-16-14-12-10-8-2/h49-51H,3,7-47H2,1-2,4-6H3. The van der Waals surface area contributed by atoms with Crippen LogP contribution in [0.25, 0.3) is 0 Å². The van der Waals surface area contributed by atoms with E-state index >= 15 is 0 Å². The summed E-state index contributed by atoms with van der Waals surface area (Å²) in [4.78, 5) is 12.4. The van der Waals surface area contributed by atoms with Crippen molar-refractivity contribution in [1.82, 2.24) is 0 Å². The maximum atomic E-state index is 12.4. The Hall–Kier alpha value is -0.790. The summed E-state index contributed by atoms with van der Waals surface area (Å²) in [5.41, 5.74) is 0.519. The summed E-state index contributed by atoms with van der Waals surface area (Å²) in [6.07, 6.45) is 58.0. The largest absolute Gasteiger partial charge is 0.459 e. The van der Waals surface area contributed by atoms with E-state index in [1.165, 1.54) is 263 Å². The molecule has 0 aliphatic heterocycles. The highest BCUT2D eigenvalue weighted by Crippen LogP contribution is 2.30. The number of hydrogen-bond donors (Lipinski definition) is 0. The van der Waals surface area contributed by atoms with Gasteiger partial charge in [0.05, 0.1) is 0 Å². The van der Waals surface area contributed by atoms with E-state index in [-0.39, 0.29) is 12.1 Å². The maximum Gasteiger partial charge on any atom is 0.333 e. The first-order chi connectivity index (χ1) is 26.4. The van der Waals surface area contributed by atoms with Crippen LogP contribution in [0.2, 0.25) is 0 Å². The Kier molecular flexibility index (Phi) is 42.7. The van der Waals surface area contributed by atoms with Gasteiger partial charge in [-0.25, -0.2) is 4.79 Å². The lowest BCUT2D eigenvalue weighted by molar-refractivity contribution is -0.147. The zero-order valence-corrected chi connectivity index (χ0v) is 38.2. The summed E-state index contributed by atoms with van der Waals surface area (Å²) in [7, 11) is 0. The van der Waals surface area contributed by atoms with Crippen LogP contribution in [0.4, 0.5) is 0 Å². The molecule has 0 saturated carbocycles. The SMILES string of the molecule is C=C(C)C(=O)OC(C)C(CCCCCCCCCCCCCCCCCCCCC)C(C)CCCCCCCCCCCCCCCCCCCCCC. The Balaban J connectivity index is 3.88. The average molecular weight is 759 g/mol. The van der Waals surface area contributed by atoms with Gasteiger partial charge in [0.2, 0.25) is 0 Å². The highest BCUT2D eigenvalue weighted by atomic mass is 16.5. The zero-order chi connectivity index (χ0) is 39.6. The molecule has 0 aliphatic carbocycles. The quantitative estimate of drug-likeness (QED) is 0.0351. The smallest absolute Gasteiger partial charge is 0.333 e. The molecule has 0 bridgehead atoms. The molecule has 0 amide bonds. The van der Waals surface area contributed by atoms with Crippen molar-refractivity contribution in [3.63, 3.8) is 0 Å². The van der Waals surface area contributed by atoms with Crippen molar-refractivity contribution >= 4 is 5.97 Å². The normalized spacial score (nSPS) is 13.3. The van der Waals surface area contributed by atoms with Crippen molar-refractivity contribution in [2.75, 3.05) is 0 Å². The molecule has 322 valence electrons. The molecule has 2 heteroatoms. The topological polar surface area (TPSA) is 26.3 Å². The van der Waals surface area contributed by atoms with Crippen molar-refractivity contribution in [2.45, 2.75) is 304 Å². The van der Waals surface area contributed by atoms with Gasteiger partial charge in [-0.2, -0.15) is 0 Å². The van der Waals surface area contributed by atoms with Crippen molar-refractivity contribution in [3.05, 3.63) is 12.2 Å². The summed E-state index contributed by atoms with van der Waals surface area (Å²) >= 11 is 0. The van der Waals surface area contributed by atoms with Gasteiger partial charge < -0.3 is 4.74 Å². The molecule has 0 aromatic heterocycles. The first kappa shape index (κ1) is 53.2. The molecule has 3 atom stereocenters. The second kappa shape index (κ2) is 43.3. The molecule has 0 N–H and O–H groups in total. The van der Waals surface area contributed by atoms with Gasteiger partial charge in [-0.15, -0.1) is 0 Å². The third-order valence-corrected chi connectivity index (χ3v) is 12.6. The molecular formula is C52H102O2. The van der Waals surface area contributed by atoms with Gasteiger partial charge in [0.1, 0.15) is 6.10 Å². The number of esters is 1. The number of ether oxygens (including phenoxy) is 1. The summed E-state index contributed by atoms with van der Waals surface area (Å²) in [5, 5.41) is 0. The Morgan fingerprint density at radius 1 is 0.389 bits per heavy atom. The molecule has 0 aromatic carbocycles. The minimum absolute atomic E-state index is 0.0233. The fraction of sp³-hybridized carbons (Fsp3) is 0.942. The van der Waals surface area contributed by atoms with Gasteiger partial charge in [0, 0.05) is 5.57 Å². The molecule has 0 saturated heterocycles. The van der Waals surface area contributed by atoms with Crippen LogP contribution >= 0.6 is 0 Å². The minimum atomic E-state index is -0.216. The van der Waals surface area contributed by atoms with Gasteiger partial charge >= 0.3 is 5.97 Å². The van der Waals surface area contributed by atoms with Crippen LogP contribution in [-0.2, 0) is 9.53 Å². The fourth-order valence-electron chi connectivity index (χ4n) is 8.73. The number of carbonyl (C=O) groups excluding carboxylic acids is 1. The summed E-state index contributed by atoms with van der Waals surface area (Å²) in [6.45, 7) is 14.8. The van der Waals surface area contributed by atoms with E-state index in [0.29, 0.717) is 17.4 Å². The number of unbranched alkanes of at least 4 members (excludes halogenated alkanes) is 37. The van der Waals surface area contributed by atoms with Crippen LogP contribution in [0.1, 0.15) is 298 Å². The number of hydrogen-bond acceptors (Lipinski definition) is 2. The predicted octanol–water partition coefficient (Wildman–Crippen LogP) is 18.8. The Bertz CT molecular complexity index is 757. The molecule has 0 spiro atoms. The number of rotatable bonds is 45. The second-order valence-corrected chi connectivity index (χ2v) is 18.2. The summed E-state index contributed by atoms with van der Waals surface area (Å²) < 4.78 is 5.89. The lowest BCUT2D eigenvalue weighted by Gasteiger charge is -2.30. The summed E-state index contributed by atoms with van der Waals surface area (Å²) in [6, 6.07) is 0.